The van der Waals surface area contributed by atoms with Crippen LogP contribution in [-0.4, -0.2) is 12.2 Å². The normalized spacial score (nSPS) is 25.4. The first-order valence-electron chi connectivity index (χ1n) is 10.0. The molecular weight excluding hydrogens is 354 g/mol. The first-order valence-corrected chi connectivity index (χ1v) is 26.0. The molecule has 0 bridgehead atoms. The summed E-state index contributed by atoms with van der Waals surface area (Å²) in [6.45, 7) is 7.98. The van der Waals surface area contributed by atoms with Crippen molar-refractivity contribution in [1.82, 2.24) is 3.80 Å². The van der Waals surface area contributed by atoms with Crippen LogP contribution < -0.4 is 8.99 Å². The second-order valence-corrected chi connectivity index (χ2v) is 82.2. The Kier molecular flexibility index (Phi) is 2.74. The van der Waals surface area contributed by atoms with E-state index in [1.54, 1.807) is 3.88 Å². The Balaban J connectivity index is 3.13. The van der Waals surface area contributed by atoms with E-state index in [0.717, 1.165) is 6.42 Å². The average molecular weight is 397 g/mol. The van der Waals surface area contributed by atoms with Gasteiger partial charge in [-0.15, -0.1) is 0 Å². The fourth-order valence-electron chi connectivity index (χ4n) is 6.79. The quantitative estimate of drug-likeness (QED) is 0.572. The molecule has 1 aromatic carbocycles. The van der Waals surface area contributed by atoms with E-state index in [-0.39, 0.29) is 5.54 Å². The van der Waals surface area contributed by atoms with Gasteiger partial charge in [0, 0.05) is 0 Å². The zero-order chi connectivity index (χ0) is 19.6. The van der Waals surface area contributed by atoms with Gasteiger partial charge in [0.25, 0.3) is 0 Å². The van der Waals surface area contributed by atoms with Crippen LogP contribution in [0, 0.1) is 0 Å². The molecule has 1 aliphatic rings. The summed E-state index contributed by atoms with van der Waals surface area (Å²) in [5, 5.41) is 17.5. The zero-order valence-electron chi connectivity index (χ0n) is 18.4. The molecule has 3 heteroatoms. The number of hydrogen-bond acceptors (Lipinski definition) is 1. The topological polar surface area (TPSA) is 12.0 Å². The number of benzene rings is 1. The second kappa shape index (κ2) is 3.28. The Morgan fingerprint density at radius 3 is 1.84 bits per heavy atom. The van der Waals surface area contributed by atoms with E-state index in [0.29, 0.717) is 0 Å². The van der Waals surface area contributed by atoms with E-state index < -0.39 is 16.4 Å². The summed E-state index contributed by atoms with van der Waals surface area (Å²) in [6, 6.07) is 11.3. The standard InChI is InChI=1S/C7H9Si.C5H5.C4H10N.6CH3.Ti/c1-8-7-5-3-2-4-6-7;1-2-4-5-3-1;1-4(2,3)5;;;;;;;/h2-6,8H,1H3;1-3H,4H2;5H,1-3H3;6*1H3;/q;;-1;;;;;;;+1. The fraction of sp³-hybridized carbons (Fsp3) is 0.545. The zero-order valence-corrected chi connectivity index (χ0v) is 21.1. The Hall–Kier alpha value is -0.409. The molecule has 0 spiro atoms. The Bertz CT molecular complexity index is 857. The molecule has 2 rings (SSSR count). The van der Waals surface area contributed by atoms with Crippen molar-refractivity contribution in [3.05, 3.63) is 52.4 Å². The summed E-state index contributed by atoms with van der Waals surface area (Å²) >= 11 is 0. The molecule has 0 saturated carbocycles. The molecule has 0 aliphatic heterocycles. The van der Waals surface area contributed by atoms with Crippen molar-refractivity contribution >= 4 is 11.8 Å². The van der Waals surface area contributed by atoms with Gasteiger partial charge in [0.2, 0.25) is 0 Å². The molecule has 0 amide bonds. The predicted molar refractivity (Wildman–Crippen MR) is 119 cm³/mol. The van der Waals surface area contributed by atoms with Crippen LogP contribution in [0.15, 0.2) is 52.4 Å². The maximum atomic E-state index is 4.46. The maximum absolute atomic E-state index is 5.29. The van der Waals surface area contributed by atoms with Crippen LogP contribution in [0.3, 0.4) is 0 Å². The SMILES string of the molecule is C[SiH](c1ccccc1)[Ti]([CH3])([CH3])([CH3])([CH3])([CH3])([CH3])([NH]C(C)(C)C)[C]1=CC=CC1. The third kappa shape index (κ3) is 2.90. The molecular formula is C22H42NSiTi. The van der Waals surface area contributed by atoms with Gasteiger partial charge in [-0.25, -0.2) is 0 Å². The van der Waals surface area contributed by atoms with Gasteiger partial charge in [-0.1, -0.05) is 0 Å². The van der Waals surface area contributed by atoms with E-state index in [1.165, 1.54) is 5.19 Å². The molecule has 1 atom stereocenters. The van der Waals surface area contributed by atoms with Gasteiger partial charge in [-0.05, 0) is 0 Å². The summed E-state index contributed by atoms with van der Waals surface area (Å²) in [5.41, 5.74) is -0.000911. The summed E-state index contributed by atoms with van der Waals surface area (Å²) < 4.78 is 6.07. The van der Waals surface area contributed by atoms with Crippen molar-refractivity contribution in [2.24, 2.45) is 0 Å². The Morgan fingerprint density at radius 2 is 1.44 bits per heavy atom. The van der Waals surface area contributed by atoms with Crippen LogP contribution in [0.2, 0.25) is 37.9 Å². The first kappa shape index (κ1) is 20.9. The molecule has 1 unspecified atom stereocenters. The van der Waals surface area contributed by atoms with Crippen LogP contribution in [0.25, 0.3) is 0 Å². The van der Waals surface area contributed by atoms with E-state index in [2.05, 4.69) is 111 Å². The van der Waals surface area contributed by atoms with Crippen molar-refractivity contribution < 1.29 is 9.69 Å². The monoisotopic (exact) mass is 396 g/mol. The molecule has 1 aliphatic carbocycles. The Morgan fingerprint density at radius 1 is 0.920 bits per heavy atom. The summed E-state index contributed by atoms with van der Waals surface area (Å²) in [5.74, 6) is 0. The van der Waals surface area contributed by atoms with Gasteiger partial charge in [0.05, 0.1) is 0 Å². The molecule has 0 radical (unpaired) electrons. The molecule has 1 N–H and O–H groups in total. The number of hydrogen-bond donors (Lipinski definition) is 1. The van der Waals surface area contributed by atoms with Crippen molar-refractivity contribution in [3.8, 4) is 0 Å². The van der Waals surface area contributed by atoms with Gasteiger partial charge in [-0.2, -0.15) is 0 Å². The fourth-order valence-corrected chi connectivity index (χ4v) is 41.8. The van der Waals surface area contributed by atoms with Crippen LogP contribution in [0.5, 0.6) is 0 Å². The average Bonchev–Trinajstić information content (AvgIpc) is 2.90. The third-order valence-corrected chi connectivity index (χ3v) is 59.8. The second-order valence-electron chi connectivity index (χ2n) is 18.5. The van der Waals surface area contributed by atoms with Gasteiger partial charge >= 0.3 is 148 Å². The molecule has 25 heavy (non-hydrogen) atoms. The van der Waals surface area contributed by atoms with E-state index >= 15 is 0 Å². The van der Waals surface area contributed by atoms with Crippen LogP contribution in [0.1, 0.15) is 27.2 Å². The first-order chi connectivity index (χ1) is 10.5. The van der Waals surface area contributed by atoms with Gasteiger partial charge in [0.1, 0.15) is 0 Å². The third-order valence-electron chi connectivity index (χ3n) is 8.63. The van der Waals surface area contributed by atoms with E-state index in [1.807, 2.05) is 0 Å². The molecule has 0 heterocycles. The molecule has 1 nitrogen and oxygen atoms in total. The van der Waals surface area contributed by atoms with Crippen molar-refractivity contribution in [2.45, 2.75) is 70.6 Å². The van der Waals surface area contributed by atoms with Crippen LogP contribution >= 0.6 is 0 Å². The molecule has 1 aromatic rings. The van der Waals surface area contributed by atoms with Crippen LogP contribution in [0.4, 0.5) is 0 Å². The van der Waals surface area contributed by atoms with Crippen LogP contribution in [-0.2, 0) is 9.69 Å². The summed E-state index contributed by atoms with van der Waals surface area (Å²) in [6.07, 6.45) is 8.06. The van der Waals surface area contributed by atoms with Gasteiger partial charge in [-0.3, -0.25) is 0 Å². The molecule has 143 valence electrons. The minimum atomic E-state index is -5.29. The van der Waals surface area contributed by atoms with Crippen molar-refractivity contribution in [3.63, 3.8) is 0 Å². The van der Waals surface area contributed by atoms with Crippen molar-refractivity contribution in [1.29, 1.82) is 0 Å². The van der Waals surface area contributed by atoms with Gasteiger partial charge < -0.3 is 0 Å². The van der Waals surface area contributed by atoms with Gasteiger partial charge in [0.15, 0.2) is 0 Å². The number of nitrogens with one attached hydrogen (secondary N) is 1. The minimum absolute atomic E-state index is 0.000911. The van der Waals surface area contributed by atoms with Crippen molar-refractivity contribution in [2.75, 3.05) is 0 Å². The predicted octanol–water partition coefficient (Wildman–Crippen LogP) is 6.52. The number of allylic oxidation sites excluding steroid dienone is 4. The Labute approximate surface area is 148 Å². The molecule has 0 saturated heterocycles. The molecule has 0 fully saturated rings. The van der Waals surface area contributed by atoms with E-state index in [4.69, 9.17) is 0 Å². The van der Waals surface area contributed by atoms with E-state index in [9.17, 15) is 0 Å². The summed E-state index contributed by atoms with van der Waals surface area (Å²) in [4.78, 5) is 0. The number of rotatable bonds is 4. The summed E-state index contributed by atoms with van der Waals surface area (Å²) in [7, 11) is -5.29. The molecule has 0 aromatic heterocycles.